The van der Waals surface area contributed by atoms with Crippen molar-refractivity contribution in [1.82, 2.24) is 0 Å². The molecule has 0 aliphatic carbocycles. The van der Waals surface area contributed by atoms with Gasteiger partial charge in [0.05, 0.1) is 5.60 Å². The summed E-state index contributed by atoms with van der Waals surface area (Å²) in [6, 6.07) is 6.35. The largest absolute Gasteiger partial charge is 0.385 e. The number of hydrogen-bond acceptors (Lipinski definition) is 2. The molecule has 0 amide bonds. The Balaban J connectivity index is 2.13. The van der Waals surface area contributed by atoms with E-state index in [2.05, 4.69) is 32.0 Å². The fraction of sp³-hybridized carbons (Fsp3) is 0.625. The van der Waals surface area contributed by atoms with E-state index in [0.29, 0.717) is 5.92 Å². The molecule has 1 fully saturated rings. The van der Waals surface area contributed by atoms with Crippen molar-refractivity contribution in [3.05, 3.63) is 34.9 Å². The van der Waals surface area contributed by atoms with Gasteiger partial charge < -0.3 is 9.84 Å². The van der Waals surface area contributed by atoms with Crippen molar-refractivity contribution in [3.63, 3.8) is 0 Å². The average Bonchev–Trinajstić information content (AvgIpc) is 2.28. The maximum absolute atomic E-state index is 10.7. The molecule has 18 heavy (non-hydrogen) atoms. The monoisotopic (exact) mass is 248 g/mol. The van der Waals surface area contributed by atoms with Crippen molar-refractivity contribution in [2.45, 2.75) is 45.6 Å². The van der Waals surface area contributed by atoms with Crippen molar-refractivity contribution in [1.29, 1.82) is 0 Å². The second-order valence-corrected chi connectivity index (χ2v) is 5.91. The van der Waals surface area contributed by atoms with E-state index >= 15 is 0 Å². The molecule has 1 atom stereocenters. The number of aryl methyl sites for hydroxylation is 2. The zero-order valence-corrected chi connectivity index (χ0v) is 11.7. The average molecular weight is 248 g/mol. The standard InChI is InChI=1S/C16H24O2/c1-12-8-13(2)10-15(9-12)16(3,17)11-14-4-6-18-7-5-14/h8-10,14,17H,4-7,11H2,1-3H3. The van der Waals surface area contributed by atoms with E-state index < -0.39 is 5.60 Å². The van der Waals surface area contributed by atoms with Crippen molar-refractivity contribution in [3.8, 4) is 0 Å². The van der Waals surface area contributed by atoms with E-state index in [9.17, 15) is 5.11 Å². The van der Waals surface area contributed by atoms with Gasteiger partial charge in [-0.25, -0.2) is 0 Å². The van der Waals surface area contributed by atoms with Gasteiger partial charge in [-0.1, -0.05) is 29.3 Å². The lowest BCUT2D eigenvalue weighted by molar-refractivity contribution is -0.00310. The SMILES string of the molecule is Cc1cc(C)cc(C(C)(O)CC2CCOCC2)c1. The van der Waals surface area contributed by atoms with Gasteiger partial charge in [0.25, 0.3) is 0 Å². The van der Waals surface area contributed by atoms with Crippen molar-refractivity contribution >= 4 is 0 Å². The molecule has 2 rings (SSSR count). The van der Waals surface area contributed by atoms with Gasteiger partial charge in [-0.2, -0.15) is 0 Å². The zero-order valence-electron chi connectivity index (χ0n) is 11.7. The summed E-state index contributed by atoms with van der Waals surface area (Å²) in [5.41, 5.74) is 2.76. The van der Waals surface area contributed by atoms with E-state index in [4.69, 9.17) is 4.74 Å². The van der Waals surface area contributed by atoms with Crippen LogP contribution in [-0.4, -0.2) is 18.3 Å². The smallest absolute Gasteiger partial charge is 0.0871 e. The van der Waals surface area contributed by atoms with Crippen molar-refractivity contribution in [2.24, 2.45) is 5.92 Å². The molecule has 0 aromatic heterocycles. The highest BCUT2D eigenvalue weighted by Gasteiger charge is 2.28. The van der Waals surface area contributed by atoms with Crippen LogP contribution in [0.3, 0.4) is 0 Å². The molecule has 1 aliphatic heterocycles. The van der Waals surface area contributed by atoms with Crippen LogP contribution in [-0.2, 0) is 10.3 Å². The maximum atomic E-state index is 10.7. The molecular weight excluding hydrogens is 224 g/mol. The van der Waals surface area contributed by atoms with Crippen LogP contribution in [0.2, 0.25) is 0 Å². The van der Waals surface area contributed by atoms with Crippen LogP contribution in [0.1, 0.15) is 42.9 Å². The summed E-state index contributed by atoms with van der Waals surface area (Å²) in [5, 5.41) is 10.7. The van der Waals surface area contributed by atoms with Crippen LogP contribution in [0.4, 0.5) is 0 Å². The highest BCUT2D eigenvalue weighted by Crippen LogP contribution is 2.33. The molecule has 1 aromatic rings. The highest BCUT2D eigenvalue weighted by molar-refractivity contribution is 5.32. The molecule has 0 spiro atoms. The Labute approximate surface area is 110 Å². The number of ether oxygens (including phenoxy) is 1. The second kappa shape index (κ2) is 5.41. The fourth-order valence-electron chi connectivity index (χ4n) is 2.92. The predicted molar refractivity (Wildman–Crippen MR) is 73.6 cm³/mol. The molecule has 1 N–H and O–H groups in total. The minimum absolute atomic E-state index is 0.578. The third-order valence-corrected chi connectivity index (χ3v) is 3.87. The zero-order chi connectivity index (χ0) is 13.2. The number of hydrogen-bond donors (Lipinski definition) is 1. The van der Waals surface area contributed by atoms with E-state index in [0.717, 1.165) is 38.0 Å². The molecule has 0 radical (unpaired) electrons. The van der Waals surface area contributed by atoms with Gasteiger partial charge in [0.2, 0.25) is 0 Å². The van der Waals surface area contributed by atoms with Gasteiger partial charge in [0, 0.05) is 13.2 Å². The van der Waals surface area contributed by atoms with E-state index in [1.54, 1.807) is 0 Å². The lowest BCUT2D eigenvalue weighted by atomic mass is 9.82. The first-order chi connectivity index (χ1) is 8.47. The Kier molecular flexibility index (Phi) is 4.08. The minimum atomic E-state index is -0.723. The fourth-order valence-corrected chi connectivity index (χ4v) is 2.92. The summed E-state index contributed by atoms with van der Waals surface area (Å²) >= 11 is 0. The van der Waals surface area contributed by atoms with Crippen LogP contribution >= 0.6 is 0 Å². The van der Waals surface area contributed by atoms with Crippen LogP contribution < -0.4 is 0 Å². The van der Waals surface area contributed by atoms with Gasteiger partial charge in [-0.05, 0) is 51.5 Å². The molecule has 1 aliphatic rings. The maximum Gasteiger partial charge on any atom is 0.0871 e. The minimum Gasteiger partial charge on any atom is -0.385 e. The molecular formula is C16H24O2. The molecule has 0 bridgehead atoms. The second-order valence-electron chi connectivity index (χ2n) is 5.91. The van der Waals surface area contributed by atoms with Crippen molar-refractivity contribution < 1.29 is 9.84 Å². The Morgan fingerprint density at radius 1 is 1.17 bits per heavy atom. The first kappa shape index (κ1) is 13.6. The Hall–Kier alpha value is -0.860. The lowest BCUT2D eigenvalue weighted by Crippen LogP contribution is -2.28. The molecule has 100 valence electrons. The van der Waals surface area contributed by atoms with Gasteiger partial charge in [-0.15, -0.1) is 0 Å². The van der Waals surface area contributed by atoms with Crippen LogP contribution in [0, 0.1) is 19.8 Å². The predicted octanol–water partition coefficient (Wildman–Crippen LogP) is 3.33. The van der Waals surface area contributed by atoms with Gasteiger partial charge in [0.1, 0.15) is 0 Å². The van der Waals surface area contributed by atoms with Crippen LogP contribution in [0.25, 0.3) is 0 Å². The lowest BCUT2D eigenvalue weighted by Gasteiger charge is -2.31. The molecule has 2 heteroatoms. The summed E-state index contributed by atoms with van der Waals surface area (Å²) < 4.78 is 5.38. The molecule has 0 saturated carbocycles. The number of aliphatic hydroxyl groups is 1. The van der Waals surface area contributed by atoms with E-state index in [-0.39, 0.29) is 0 Å². The molecule has 1 saturated heterocycles. The molecule has 1 unspecified atom stereocenters. The number of benzene rings is 1. The van der Waals surface area contributed by atoms with E-state index in [1.807, 2.05) is 6.92 Å². The van der Waals surface area contributed by atoms with Crippen molar-refractivity contribution in [2.75, 3.05) is 13.2 Å². The van der Waals surface area contributed by atoms with E-state index in [1.165, 1.54) is 11.1 Å². The number of rotatable bonds is 3. The summed E-state index contributed by atoms with van der Waals surface area (Å²) in [6.45, 7) is 7.79. The Bertz CT molecular complexity index is 383. The molecule has 1 heterocycles. The van der Waals surface area contributed by atoms with Gasteiger partial charge >= 0.3 is 0 Å². The first-order valence-electron chi connectivity index (χ1n) is 6.86. The van der Waals surface area contributed by atoms with Crippen LogP contribution in [0.5, 0.6) is 0 Å². The third-order valence-electron chi connectivity index (χ3n) is 3.87. The summed E-state index contributed by atoms with van der Waals surface area (Å²) in [6.07, 6.45) is 2.97. The summed E-state index contributed by atoms with van der Waals surface area (Å²) in [4.78, 5) is 0. The first-order valence-corrected chi connectivity index (χ1v) is 6.86. The third kappa shape index (κ3) is 3.33. The molecule has 1 aromatic carbocycles. The Morgan fingerprint density at radius 2 is 1.72 bits per heavy atom. The van der Waals surface area contributed by atoms with Gasteiger partial charge in [-0.3, -0.25) is 0 Å². The topological polar surface area (TPSA) is 29.5 Å². The van der Waals surface area contributed by atoms with Crippen LogP contribution in [0.15, 0.2) is 18.2 Å². The van der Waals surface area contributed by atoms with Gasteiger partial charge in [0.15, 0.2) is 0 Å². The summed E-state index contributed by atoms with van der Waals surface area (Å²) in [7, 11) is 0. The quantitative estimate of drug-likeness (QED) is 0.889. The molecule has 2 nitrogen and oxygen atoms in total. The normalized spacial score (nSPS) is 20.7. The Morgan fingerprint density at radius 3 is 2.28 bits per heavy atom. The summed E-state index contributed by atoms with van der Waals surface area (Å²) in [5.74, 6) is 0.578. The highest BCUT2D eigenvalue weighted by atomic mass is 16.5.